The maximum atomic E-state index is 10.2. The Labute approximate surface area is 109 Å². The molecule has 1 heterocycles. The lowest BCUT2D eigenvalue weighted by Crippen LogP contribution is -2.47. The van der Waals surface area contributed by atoms with E-state index in [1.807, 2.05) is 6.92 Å². The van der Waals surface area contributed by atoms with Gasteiger partial charge in [-0.05, 0) is 12.8 Å². The summed E-state index contributed by atoms with van der Waals surface area (Å²) in [6, 6.07) is 0. The first-order valence-electron chi connectivity index (χ1n) is 6.74. The van der Waals surface area contributed by atoms with Crippen molar-refractivity contribution in [1.82, 2.24) is 5.32 Å². The second-order valence-corrected chi connectivity index (χ2v) is 5.58. The largest absolute Gasteiger partial charge is 0.389 e. The molecular weight excluding hydrogens is 234 g/mol. The monoisotopic (exact) mass is 261 g/mol. The minimum Gasteiger partial charge on any atom is -0.389 e. The van der Waals surface area contributed by atoms with Crippen molar-refractivity contribution in [2.24, 2.45) is 5.92 Å². The van der Waals surface area contributed by atoms with E-state index in [1.54, 1.807) is 0 Å². The second-order valence-electron chi connectivity index (χ2n) is 5.58. The van der Waals surface area contributed by atoms with E-state index in [-0.39, 0.29) is 6.10 Å². The van der Waals surface area contributed by atoms with E-state index < -0.39 is 11.7 Å². The van der Waals surface area contributed by atoms with Gasteiger partial charge in [0, 0.05) is 32.7 Å². The predicted molar refractivity (Wildman–Crippen MR) is 69.5 cm³/mol. The highest BCUT2D eigenvalue weighted by molar-refractivity contribution is 4.91. The first-order chi connectivity index (χ1) is 8.44. The summed E-state index contributed by atoms with van der Waals surface area (Å²) in [5, 5.41) is 23.0. The fourth-order valence-electron chi connectivity index (χ4n) is 1.96. The van der Waals surface area contributed by atoms with Gasteiger partial charge in [0.1, 0.15) is 5.60 Å². The first kappa shape index (κ1) is 15.9. The molecule has 1 aliphatic rings. The van der Waals surface area contributed by atoms with Crippen molar-refractivity contribution in [3.63, 3.8) is 0 Å². The Bertz CT molecular complexity index is 237. The lowest BCUT2D eigenvalue weighted by Gasteiger charge is -2.26. The van der Waals surface area contributed by atoms with Crippen molar-refractivity contribution in [3.05, 3.63) is 0 Å². The first-order valence-corrected chi connectivity index (χ1v) is 6.74. The highest BCUT2D eigenvalue weighted by atomic mass is 16.5. The van der Waals surface area contributed by atoms with E-state index in [0.717, 1.165) is 0 Å². The molecule has 0 aromatic heterocycles. The molecule has 1 rings (SSSR count). The van der Waals surface area contributed by atoms with Crippen LogP contribution in [0, 0.1) is 5.92 Å². The van der Waals surface area contributed by atoms with Crippen molar-refractivity contribution < 1.29 is 19.7 Å². The molecule has 0 aromatic rings. The quantitative estimate of drug-likeness (QED) is 0.580. The molecule has 5 heteroatoms. The van der Waals surface area contributed by atoms with Crippen LogP contribution < -0.4 is 5.32 Å². The molecule has 0 amide bonds. The van der Waals surface area contributed by atoms with Gasteiger partial charge in [0.25, 0.3) is 0 Å². The standard InChI is InChI=1S/C13H27NO4/c1-10(2)7-17-8-12(15)6-14-9-13(16)4-5-18-11(13)3/h10-12,14-16H,4-9H2,1-3H3. The summed E-state index contributed by atoms with van der Waals surface area (Å²) in [6.07, 6.45) is -0.0505. The van der Waals surface area contributed by atoms with Gasteiger partial charge in [-0.2, -0.15) is 0 Å². The number of rotatable bonds is 8. The Balaban J connectivity index is 2.09. The molecule has 0 radical (unpaired) electrons. The summed E-state index contributed by atoms with van der Waals surface area (Å²) in [4.78, 5) is 0. The second kappa shape index (κ2) is 7.40. The van der Waals surface area contributed by atoms with Gasteiger partial charge in [-0.1, -0.05) is 13.8 Å². The molecule has 1 fully saturated rings. The molecule has 1 aliphatic heterocycles. The molecule has 3 unspecified atom stereocenters. The molecule has 1 saturated heterocycles. The molecule has 0 saturated carbocycles. The molecule has 3 N–H and O–H groups in total. The number of aliphatic hydroxyl groups excluding tert-OH is 1. The van der Waals surface area contributed by atoms with Crippen LogP contribution in [-0.4, -0.2) is 60.9 Å². The fourth-order valence-corrected chi connectivity index (χ4v) is 1.96. The lowest BCUT2D eigenvalue weighted by atomic mass is 9.97. The van der Waals surface area contributed by atoms with Crippen LogP contribution in [-0.2, 0) is 9.47 Å². The minimum atomic E-state index is -0.807. The van der Waals surface area contributed by atoms with E-state index in [4.69, 9.17) is 9.47 Å². The summed E-state index contributed by atoms with van der Waals surface area (Å²) in [5.74, 6) is 0.474. The van der Waals surface area contributed by atoms with Crippen molar-refractivity contribution in [2.45, 2.75) is 45.0 Å². The van der Waals surface area contributed by atoms with Crippen LogP contribution in [0.25, 0.3) is 0 Å². The SMILES string of the molecule is CC(C)COCC(O)CNCC1(O)CCOC1C. The molecule has 0 bridgehead atoms. The van der Waals surface area contributed by atoms with Gasteiger partial charge in [0.2, 0.25) is 0 Å². The Hall–Kier alpha value is -0.200. The molecule has 5 nitrogen and oxygen atoms in total. The van der Waals surface area contributed by atoms with E-state index >= 15 is 0 Å². The molecule has 108 valence electrons. The molecule has 0 aromatic carbocycles. The van der Waals surface area contributed by atoms with Gasteiger partial charge in [0.15, 0.2) is 0 Å². The van der Waals surface area contributed by atoms with Gasteiger partial charge < -0.3 is 25.0 Å². The van der Waals surface area contributed by atoms with Gasteiger partial charge in [0.05, 0.1) is 18.8 Å². The zero-order valence-corrected chi connectivity index (χ0v) is 11.7. The number of ether oxygens (including phenoxy) is 2. The number of nitrogens with one attached hydrogen (secondary N) is 1. The molecule has 0 aliphatic carbocycles. The zero-order valence-electron chi connectivity index (χ0n) is 11.7. The molecule has 3 atom stereocenters. The van der Waals surface area contributed by atoms with E-state index in [0.29, 0.717) is 45.2 Å². The Morgan fingerprint density at radius 1 is 1.44 bits per heavy atom. The maximum Gasteiger partial charge on any atom is 0.105 e. The molecule has 0 spiro atoms. The third kappa shape index (κ3) is 5.20. The summed E-state index contributed by atoms with van der Waals surface area (Å²) in [7, 11) is 0. The topological polar surface area (TPSA) is 71.0 Å². The van der Waals surface area contributed by atoms with Crippen LogP contribution in [0.4, 0.5) is 0 Å². The summed E-state index contributed by atoms with van der Waals surface area (Å²) < 4.78 is 10.7. The van der Waals surface area contributed by atoms with Gasteiger partial charge in [-0.15, -0.1) is 0 Å². The highest BCUT2D eigenvalue weighted by Gasteiger charge is 2.39. The Morgan fingerprint density at radius 2 is 2.17 bits per heavy atom. The zero-order chi connectivity index (χ0) is 13.6. The van der Waals surface area contributed by atoms with Crippen LogP contribution in [0.1, 0.15) is 27.2 Å². The van der Waals surface area contributed by atoms with Crippen LogP contribution in [0.15, 0.2) is 0 Å². The average molecular weight is 261 g/mol. The Morgan fingerprint density at radius 3 is 2.72 bits per heavy atom. The van der Waals surface area contributed by atoms with E-state index in [9.17, 15) is 10.2 Å². The minimum absolute atomic E-state index is 0.153. The van der Waals surface area contributed by atoms with Gasteiger partial charge in [-0.3, -0.25) is 0 Å². The highest BCUT2D eigenvalue weighted by Crippen LogP contribution is 2.24. The van der Waals surface area contributed by atoms with Crippen molar-refractivity contribution >= 4 is 0 Å². The lowest BCUT2D eigenvalue weighted by molar-refractivity contribution is -0.0296. The Kier molecular flexibility index (Phi) is 6.52. The third-order valence-electron chi connectivity index (χ3n) is 3.23. The van der Waals surface area contributed by atoms with Crippen LogP contribution in [0.5, 0.6) is 0 Å². The molecular formula is C13H27NO4. The normalized spacial score (nSPS) is 30.0. The van der Waals surface area contributed by atoms with Crippen molar-refractivity contribution in [1.29, 1.82) is 0 Å². The fraction of sp³-hybridized carbons (Fsp3) is 1.00. The van der Waals surface area contributed by atoms with Crippen molar-refractivity contribution in [3.8, 4) is 0 Å². The molecule has 18 heavy (non-hydrogen) atoms. The number of hydrogen-bond donors (Lipinski definition) is 3. The maximum absolute atomic E-state index is 10.2. The van der Waals surface area contributed by atoms with Gasteiger partial charge >= 0.3 is 0 Å². The van der Waals surface area contributed by atoms with Gasteiger partial charge in [-0.25, -0.2) is 0 Å². The third-order valence-corrected chi connectivity index (χ3v) is 3.23. The van der Waals surface area contributed by atoms with Crippen LogP contribution in [0.3, 0.4) is 0 Å². The summed E-state index contributed by atoms with van der Waals surface area (Å²) in [5.41, 5.74) is -0.807. The van der Waals surface area contributed by atoms with Crippen molar-refractivity contribution in [2.75, 3.05) is 32.9 Å². The van der Waals surface area contributed by atoms with Crippen LogP contribution in [0.2, 0.25) is 0 Å². The van der Waals surface area contributed by atoms with Crippen LogP contribution >= 0.6 is 0 Å². The summed E-state index contributed by atoms with van der Waals surface area (Å²) in [6.45, 7) is 8.46. The smallest absolute Gasteiger partial charge is 0.105 e. The summed E-state index contributed by atoms with van der Waals surface area (Å²) >= 11 is 0. The van der Waals surface area contributed by atoms with E-state index in [2.05, 4.69) is 19.2 Å². The average Bonchev–Trinajstić information content (AvgIpc) is 2.59. The number of hydrogen-bond acceptors (Lipinski definition) is 5. The number of aliphatic hydroxyl groups is 2. The predicted octanol–water partition coefficient (Wildman–Crippen LogP) is 0.149. The van der Waals surface area contributed by atoms with E-state index in [1.165, 1.54) is 0 Å².